The number of hydrogen-bond acceptors (Lipinski definition) is 1. The van der Waals surface area contributed by atoms with Crippen LogP contribution >= 0.6 is 0 Å². The van der Waals surface area contributed by atoms with Crippen molar-refractivity contribution in [2.75, 3.05) is 5.32 Å². The average molecular weight is 239 g/mol. The number of para-hydroxylation sites is 1. The van der Waals surface area contributed by atoms with Crippen LogP contribution in [0, 0.1) is 20.8 Å². The first kappa shape index (κ1) is 12.4. The normalized spacial score (nSPS) is 10.2. The van der Waals surface area contributed by atoms with E-state index >= 15 is 0 Å². The lowest BCUT2D eigenvalue weighted by Gasteiger charge is -2.11. The van der Waals surface area contributed by atoms with Crippen LogP contribution < -0.4 is 5.32 Å². The van der Waals surface area contributed by atoms with E-state index in [0.717, 1.165) is 27.9 Å². The van der Waals surface area contributed by atoms with Crippen molar-refractivity contribution in [1.29, 1.82) is 0 Å². The highest BCUT2D eigenvalue weighted by Crippen LogP contribution is 2.17. The van der Waals surface area contributed by atoms with Crippen molar-refractivity contribution >= 4 is 11.6 Å². The molecule has 0 saturated carbocycles. The summed E-state index contributed by atoms with van der Waals surface area (Å²) in [7, 11) is 0. The number of amides is 1. The molecule has 0 bridgehead atoms. The summed E-state index contributed by atoms with van der Waals surface area (Å²) in [6, 6.07) is 13.5. The summed E-state index contributed by atoms with van der Waals surface area (Å²) < 4.78 is 0. The van der Waals surface area contributed by atoms with E-state index in [4.69, 9.17) is 0 Å². The minimum atomic E-state index is -0.0505. The number of benzene rings is 2. The minimum Gasteiger partial charge on any atom is -0.322 e. The second kappa shape index (κ2) is 5.05. The van der Waals surface area contributed by atoms with Gasteiger partial charge in [-0.05, 0) is 50.1 Å². The fraction of sp³-hybridized carbons (Fsp3) is 0.188. The van der Waals surface area contributed by atoms with E-state index in [9.17, 15) is 4.79 Å². The summed E-state index contributed by atoms with van der Waals surface area (Å²) >= 11 is 0. The van der Waals surface area contributed by atoms with Crippen LogP contribution in [0.2, 0.25) is 0 Å². The number of aryl methyl sites for hydroxylation is 2. The molecule has 2 aromatic carbocycles. The van der Waals surface area contributed by atoms with Gasteiger partial charge < -0.3 is 5.32 Å². The molecular weight excluding hydrogens is 222 g/mol. The van der Waals surface area contributed by atoms with Gasteiger partial charge in [0.2, 0.25) is 0 Å². The van der Waals surface area contributed by atoms with Crippen molar-refractivity contribution in [2.24, 2.45) is 0 Å². The van der Waals surface area contributed by atoms with Crippen LogP contribution in [0.3, 0.4) is 0 Å². The van der Waals surface area contributed by atoms with Crippen molar-refractivity contribution in [3.8, 4) is 0 Å². The minimum absolute atomic E-state index is 0.0505. The van der Waals surface area contributed by atoms with E-state index in [1.54, 1.807) is 0 Å². The summed E-state index contributed by atoms with van der Waals surface area (Å²) in [5, 5.41) is 2.91. The van der Waals surface area contributed by atoms with Crippen molar-refractivity contribution < 1.29 is 4.79 Å². The van der Waals surface area contributed by atoms with E-state index < -0.39 is 0 Å². The van der Waals surface area contributed by atoms with Gasteiger partial charge in [0.1, 0.15) is 0 Å². The van der Waals surface area contributed by atoms with Gasteiger partial charge in [0.05, 0.1) is 0 Å². The Hall–Kier alpha value is -2.09. The molecule has 0 aliphatic heterocycles. The van der Waals surface area contributed by atoms with Crippen molar-refractivity contribution in [1.82, 2.24) is 0 Å². The Balaban J connectivity index is 2.30. The molecule has 2 rings (SSSR count). The quantitative estimate of drug-likeness (QED) is 0.847. The van der Waals surface area contributed by atoms with Crippen LogP contribution in [0.5, 0.6) is 0 Å². The topological polar surface area (TPSA) is 29.1 Å². The third-order valence-corrected chi connectivity index (χ3v) is 3.09. The Bertz CT molecular complexity index is 573. The molecule has 0 aromatic heterocycles. The van der Waals surface area contributed by atoms with Gasteiger partial charge in [-0.2, -0.15) is 0 Å². The zero-order valence-electron chi connectivity index (χ0n) is 10.9. The summed E-state index contributed by atoms with van der Waals surface area (Å²) in [5.74, 6) is -0.0505. The van der Waals surface area contributed by atoms with Gasteiger partial charge in [0, 0.05) is 11.3 Å². The molecule has 1 amide bonds. The van der Waals surface area contributed by atoms with Crippen LogP contribution in [0.25, 0.3) is 0 Å². The molecule has 1 N–H and O–H groups in total. The van der Waals surface area contributed by atoms with Crippen molar-refractivity contribution in [2.45, 2.75) is 20.8 Å². The fourth-order valence-electron chi connectivity index (χ4n) is 2.00. The molecule has 0 saturated heterocycles. The lowest BCUT2D eigenvalue weighted by atomic mass is 9.99. The van der Waals surface area contributed by atoms with Crippen molar-refractivity contribution in [3.63, 3.8) is 0 Å². The fourth-order valence-corrected chi connectivity index (χ4v) is 2.00. The number of rotatable bonds is 2. The molecule has 2 nitrogen and oxygen atoms in total. The molecule has 0 unspecified atom stereocenters. The van der Waals surface area contributed by atoms with Crippen LogP contribution in [0.15, 0.2) is 42.5 Å². The molecule has 18 heavy (non-hydrogen) atoms. The molecule has 2 heteroatoms. The highest BCUT2D eigenvalue weighted by molar-refractivity contribution is 6.05. The molecule has 0 spiro atoms. The van der Waals surface area contributed by atoms with E-state index in [-0.39, 0.29) is 5.91 Å². The maximum Gasteiger partial charge on any atom is 0.255 e. The summed E-state index contributed by atoms with van der Waals surface area (Å²) in [6.07, 6.45) is 0. The SMILES string of the molecule is Cc1cc(C)c(C)c(C(=O)Nc2ccccc2)c1. The van der Waals surface area contributed by atoms with Crippen LogP contribution in [-0.2, 0) is 0 Å². The molecule has 92 valence electrons. The second-order valence-corrected chi connectivity index (χ2v) is 4.57. The first-order valence-electron chi connectivity index (χ1n) is 6.02. The molecular formula is C16H17NO. The second-order valence-electron chi connectivity index (χ2n) is 4.57. The standard InChI is InChI=1S/C16H17NO/c1-11-9-12(2)13(3)15(10-11)16(18)17-14-7-5-4-6-8-14/h4-10H,1-3H3,(H,17,18). The van der Waals surface area contributed by atoms with Gasteiger partial charge in [0.25, 0.3) is 5.91 Å². The van der Waals surface area contributed by atoms with Gasteiger partial charge in [-0.25, -0.2) is 0 Å². The number of nitrogens with one attached hydrogen (secondary N) is 1. The van der Waals surface area contributed by atoms with Gasteiger partial charge >= 0.3 is 0 Å². The van der Waals surface area contributed by atoms with Gasteiger partial charge in [-0.1, -0.05) is 29.8 Å². The zero-order valence-corrected chi connectivity index (χ0v) is 10.9. The number of carbonyl (C=O) groups is 1. The third kappa shape index (κ3) is 2.59. The Morgan fingerprint density at radius 1 is 1.00 bits per heavy atom. The number of hydrogen-bond donors (Lipinski definition) is 1. The smallest absolute Gasteiger partial charge is 0.255 e. The number of anilines is 1. The molecule has 0 aliphatic rings. The third-order valence-electron chi connectivity index (χ3n) is 3.09. The lowest BCUT2D eigenvalue weighted by molar-refractivity contribution is 0.102. The predicted molar refractivity (Wildman–Crippen MR) is 75.0 cm³/mol. The molecule has 2 aromatic rings. The van der Waals surface area contributed by atoms with Gasteiger partial charge in [-0.15, -0.1) is 0 Å². The molecule has 0 fully saturated rings. The summed E-state index contributed by atoms with van der Waals surface area (Å²) in [4.78, 5) is 12.2. The molecule has 0 aliphatic carbocycles. The molecule has 0 radical (unpaired) electrons. The van der Waals surface area contributed by atoms with Gasteiger partial charge in [0.15, 0.2) is 0 Å². The van der Waals surface area contributed by atoms with E-state index in [1.807, 2.05) is 57.2 Å². The van der Waals surface area contributed by atoms with E-state index in [2.05, 4.69) is 11.4 Å². The highest BCUT2D eigenvalue weighted by Gasteiger charge is 2.11. The molecule has 0 atom stereocenters. The van der Waals surface area contributed by atoms with Crippen LogP contribution in [0.1, 0.15) is 27.0 Å². The summed E-state index contributed by atoms with van der Waals surface area (Å²) in [5.41, 5.74) is 4.86. The van der Waals surface area contributed by atoms with Crippen molar-refractivity contribution in [3.05, 3.63) is 64.7 Å². The first-order chi connectivity index (χ1) is 8.58. The summed E-state index contributed by atoms with van der Waals surface area (Å²) in [6.45, 7) is 6.02. The molecule has 0 heterocycles. The highest BCUT2D eigenvalue weighted by atomic mass is 16.1. The number of carbonyl (C=O) groups excluding carboxylic acids is 1. The zero-order chi connectivity index (χ0) is 13.1. The average Bonchev–Trinajstić information content (AvgIpc) is 2.35. The van der Waals surface area contributed by atoms with Crippen LogP contribution in [0.4, 0.5) is 5.69 Å². The largest absolute Gasteiger partial charge is 0.322 e. The monoisotopic (exact) mass is 239 g/mol. The van der Waals surface area contributed by atoms with E-state index in [0.29, 0.717) is 0 Å². The maximum absolute atomic E-state index is 12.2. The maximum atomic E-state index is 12.2. The van der Waals surface area contributed by atoms with Gasteiger partial charge in [-0.3, -0.25) is 4.79 Å². The van der Waals surface area contributed by atoms with E-state index in [1.165, 1.54) is 0 Å². The lowest BCUT2D eigenvalue weighted by Crippen LogP contribution is -2.14. The predicted octanol–water partition coefficient (Wildman–Crippen LogP) is 3.86. The Labute approximate surface area is 108 Å². The Morgan fingerprint density at radius 2 is 1.67 bits per heavy atom. The van der Waals surface area contributed by atoms with Crippen LogP contribution in [-0.4, -0.2) is 5.91 Å². The first-order valence-corrected chi connectivity index (χ1v) is 6.02. The Kier molecular flexibility index (Phi) is 3.47. The Morgan fingerprint density at radius 3 is 2.33 bits per heavy atom.